The fraction of sp³-hybridized carbons (Fsp3) is 0.700. The average molecular weight is 239 g/mol. The molecule has 0 unspecified atom stereocenters. The van der Waals surface area contributed by atoms with Crippen molar-refractivity contribution in [2.24, 2.45) is 0 Å². The molecule has 0 aliphatic carbocycles. The molecule has 1 aromatic rings. The molecular weight excluding hydrogens is 222 g/mol. The Hall–Kier alpha value is -1.47. The van der Waals surface area contributed by atoms with Gasteiger partial charge in [-0.05, 0) is 13.8 Å². The van der Waals surface area contributed by atoms with Crippen molar-refractivity contribution < 1.29 is 9.90 Å². The summed E-state index contributed by atoms with van der Waals surface area (Å²) in [7, 11) is 0. The Bertz CT molecular complexity index is 405. The molecule has 1 aliphatic heterocycles. The van der Waals surface area contributed by atoms with E-state index in [-0.39, 0.29) is 18.1 Å². The summed E-state index contributed by atoms with van der Waals surface area (Å²) in [6.07, 6.45) is 1.63. The van der Waals surface area contributed by atoms with Gasteiger partial charge in [-0.15, -0.1) is 5.10 Å². The minimum Gasteiger partial charge on any atom is -0.389 e. The normalized spacial score (nSPS) is 16.6. The van der Waals surface area contributed by atoms with E-state index in [4.69, 9.17) is 0 Å². The molecule has 1 aromatic heterocycles. The van der Waals surface area contributed by atoms with Crippen LogP contribution in [0.2, 0.25) is 0 Å². The fourth-order valence-corrected chi connectivity index (χ4v) is 1.41. The zero-order valence-corrected chi connectivity index (χ0v) is 9.97. The Morgan fingerprint density at radius 3 is 2.94 bits per heavy atom. The average Bonchev–Trinajstić information content (AvgIpc) is 2.59. The number of aliphatic hydroxyl groups is 1. The van der Waals surface area contributed by atoms with Gasteiger partial charge in [-0.2, -0.15) is 0 Å². The lowest BCUT2D eigenvalue weighted by atomic mass is 10.1. The topological polar surface area (TPSA) is 92.1 Å². The van der Waals surface area contributed by atoms with Crippen molar-refractivity contribution in [3.8, 4) is 0 Å². The Morgan fingerprint density at radius 2 is 2.41 bits per heavy atom. The standard InChI is InChI=1S/C10H17N5O2/c1-10(2,17)6-12-9(16)8-5-15(14-13-8)7-3-11-4-7/h5,7,11,17H,3-4,6H2,1-2H3,(H,12,16). The van der Waals surface area contributed by atoms with E-state index in [1.54, 1.807) is 24.7 Å². The number of amides is 1. The van der Waals surface area contributed by atoms with Gasteiger partial charge in [0.05, 0.1) is 17.8 Å². The molecule has 7 heteroatoms. The largest absolute Gasteiger partial charge is 0.389 e. The van der Waals surface area contributed by atoms with Gasteiger partial charge in [0.15, 0.2) is 5.69 Å². The maximum absolute atomic E-state index is 11.7. The number of nitrogens with one attached hydrogen (secondary N) is 2. The predicted molar refractivity (Wildman–Crippen MR) is 60.6 cm³/mol. The Morgan fingerprint density at radius 1 is 1.71 bits per heavy atom. The van der Waals surface area contributed by atoms with Crippen LogP contribution < -0.4 is 10.6 Å². The molecule has 0 aromatic carbocycles. The van der Waals surface area contributed by atoms with E-state index < -0.39 is 5.60 Å². The van der Waals surface area contributed by atoms with Gasteiger partial charge in [0.1, 0.15) is 0 Å². The summed E-state index contributed by atoms with van der Waals surface area (Å²) in [6.45, 7) is 5.15. The molecule has 2 heterocycles. The molecule has 0 saturated carbocycles. The number of aromatic nitrogens is 3. The first-order valence-corrected chi connectivity index (χ1v) is 5.59. The lowest BCUT2D eigenvalue weighted by molar-refractivity contribution is 0.0692. The number of hydrogen-bond acceptors (Lipinski definition) is 5. The number of nitrogens with zero attached hydrogens (tertiary/aromatic N) is 3. The van der Waals surface area contributed by atoms with Crippen molar-refractivity contribution >= 4 is 5.91 Å². The maximum atomic E-state index is 11.7. The lowest BCUT2D eigenvalue weighted by Gasteiger charge is -2.26. The van der Waals surface area contributed by atoms with Crippen LogP contribution in [-0.4, -0.2) is 51.2 Å². The molecule has 0 spiro atoms. The third-order valence-corrected chi connectivity index (χ3v) is 2.56. The summed E-state index contributed by atoms with van der Waals surface area (Å²) >= 11 is 0. The van der Waals surface area contributed by atoms with Gasteiger partial charge in [0.2, 0.25) is 0 Å². The van der Waals surface area contributed by atoms with Crippen LogP contribution in [-0.2, 0) is 0 Å². The third kappa shape index (κ3) is 3.01. The van der Waals surface area contributed by atoms with Gasteiger partial charge >= 0.3 is 0 Å². The summed E-state index contributed by atoms with van der Waals surface area (Å²) < 4.78 is 1.69. The molecule has 1 amide bonds. The molecule has 17 heavy (non-hydrogen) atoms. The van der Waals surface area contributed by atoms with E-state index in [2.05, 4.69) is 20.9 Å². The highest BCUT2D eigenvalue weighted by Gasteiger charge is 2.22. The van der Waals surface area contributed by atoms with Gasteiger partial charge in [0, 0.05) is 19.6 Å². The second-order valence-corrected chi connectivity index (χ2v) is 4.89. The van der Waals surface area contributed by atoms with Gasteiger partial charge < -0.3 is 15.7 Å². The summed E-state index contributed by atoms with van der Waals surface area (Å²) in [5, 5.41) is 22.9. The summed E-state index contributed by atoms with van der Waals surface area (Å²) in [4.78, 5) is 11.7. The number of carbonyl (C=O) groups excluding carboxylic acids is 1. The highest BCUT2D eigenvalue weighted by Crippen LogP contribution is 2.09. The van der Waals surface area contributed by atoms with E-state index in [1.807, 2.05) is 0 Å². The molecule has 0 bridgehead atoms. The molecular formula is C10H17N5O2. The molecule has 1 saturated heterocycles. The maximum Gasteiger partial charge on any atom is 0.273 e. The van der Waals surface area contributed by atoms with Gasteiger partial charge in [-0.1, -0.05) is 5.21 Å². The van der Waals surface area contributed by atoms with Crippen LogP contribution in [0.5, 0.6) is 0 Å². The van der Waals surface area contributed by atoms with Crippen LogP contribution in [0, 0.1) is 0 Å². The van der Waals surface area contributed by atoms with Crippen LogP contribution >= 0.6 is 0 Å². The molecule has 7 nitrogen and oxygen atoms in total. The molecule has 1 aliphatic rings. The fourth-order valence-electron chi connectivity index (χ4n) is 1.41. The van der Waals surface area contributed by atoms with Gasteiger partial charge in [0.25, 0.3) is 5.91 Å². The van der Waals surface area contributed by atoms with Crippen molar-refractivity contribution in [1.29, 1.82) is 0 Å². The number of rotatable bonds is 4. The third-order valence-electron chi connectivity index (χ3n) is 2.56. The van der Waals surface area contributed by atoms with Crippen LogP contribution in [0.15, 0.2) is 6.20 Å². The monoisotopic (exact) mass is 239 g/mol. The first-order chi connectivity index (χ1) is 7.96. The Labute approximate surface area is 99.2 Å². The minimum atomic E-state index is -0.927. The summed E-state index contributed by atoms with van der Waals surface area (Å²) in [6, 6.07) is 0.290. The first-order valence-electron chi connectivity index (χ1n) is 5.59. The first kappa shape index (κ1) is 12.0. The highest BCUT2D eigenvalue weighted by molar-refractivity contribution is 5.91. The molecule has 2 rings (SSSR count). The quantitative estimate of drug-likeness (QED) is 0.622. The van der Waals surface area contributed by atoms with Crippen LogP contribution in [0.25, 0.3) is 0 Å². The van der Waals surface area contributed by atoms with Crippen molar-refractivity contribution in [3.63, 3.8) is 0 Å². The van der Waals surface area contributed by atoms with Gasteiger partial charge in [-0.3, -0.25) is 4.79 Å². The molecule has 0 atom stereocenters. The lowest BCUT2D eigenvalue weighted by Crippen LogP contribution is -2.43. The molecule has 0 radical (unpaired) electrons. The van der Waals surface area contributed by atoms with E-state index in [1.165, 1.54) is 0 Å². The van der Waals surface area contributed by atoms with E-state index in [0.717, 1.165) is 13.1 Å². The second-order valence-electron chi connectivity index (χ2n) is 4.89. The van der Waals surface area contributed by atoms with Crippen LogP contribution in [0.4, 0.5) is 0 Å². The van der Waals surface area contributed by atoms with Crippen LogP contribution in [0.3, 0.4) is 0 Å². The zero-order valence-electron chi connectivity index (χ0n) is 9.97. The van der Waals surface area contributed by atoms with Crippen molar-refractivity contribution in [2.45, 2.75) is 25.5 Å². The smallest absolute Gasteiger partial charge is 0.273 e. The SMILES string of the molecule is CC(C)(O)CNC(=O)c1cn(C2CNC2)nn1. The highest BCUT2D eigenvalue weighted by atomic mass is 16.3. The Kier molecular flexibility index (Phi) is 3.12. The number of carbonyl (C=O) groups is 1. The molecule has 3 N–H and O–H groups in total. The summed E-state index contributed by atoms with van der Waals surface area (Å²) in [5.74, 6) is -0.314. The molecule has 94 valence electrons. The van der Waals surface area contributed by atoms with E-state index in [0.29, 0.717) is 6.04 Å². The van der Waals surface area contributed by atoms with Crippen LogP contribution in [0.1, 0.15) is 30.4 Å². The van der Waals surface area contributed by atoms with Gasteiger partial charge in [-0.25, -0.2) is 4.68 Å². The predicted octanol–water partition coefficient (Wildman–Crippen LogP) is -1.08. The number of hydrogen-bond donors (Lipinski definition) is 3. The minimum absolute atomic E-state index is 0.184. The van der Waals surface area contributed by atoms with E-state index >= 15 is 0 Å². The second kappa shape index (κ2) is 4.42. The zero-order chi connectivity index (χ0) is 12.5. The van der Waals surface area contributed by atoms with Crippen molar-refractivity contribution in [3.05, 3.63) is 11.9 Å². The Balaban J connectivity index is 1.92. The summed E-state index contributed by atoms with van der Waals surface area (Å²) in [5.41, 5.74) is -0.648. The van der Waals surface area contributed by atoms with Crippen molar-refractivity contribution in [1.82, 2.24) is 25.6 Å². The molecule has 1 fully saturated rings. The van der Waals surface area contributed by atoms with Crippen molar-refractivity contribution in [2.75, 3.05) is 19.6 Å². The van der Waals surface area contributed by atoms with E-state index in [9.17, 15) is 9.90 Å².